The zero-order valence-electron chi connectivity index (χ0n) is 12.0. The van der Waals surface area contributed by atoms with E-state index in [0.717, 1.165) is 5.56 Å². The van der Waals surface area contributed by atoms with Gasteiger partial charge in [0.15, 0.2) is 5.69 Å². The smallest absolute Gasteiger partial charge is 0.277 e. The van der Waals surface area contributed by atoms with Crippen LogP contribution in [-0.4, -0.2) is 24.0 Å². The Balaban J connectivity index is 2.00. The molecular formula is C15H17N3O3. The van der Waals surface area contributed by atoms with Gasteiger partial charge in [0.1, 0.15) is 5.76 Å². The number of nitrogens with zero attached hydrogens (tertiary/aromatic N) is 1. The van der Waals surface area contributed by atoms with Gasteiger partial charge in [0.2, 0.25) is 5.91 Å². The highest BCUT2D eigenvalue weighted by molar-refractivity contribution is 6.02. The summed E-state index contributed by atoms with van der Waals surface area (Å²) in [5.74, 6) is 0.247. The Bertz CT molecular complexity index is 649. The molecule has 2 rings (SSSR count). The lowest BCUT2D eigenvalue weighted by Gasteiger charge is -2.06. The van der Waals surface area contributed by atoms with Crippen LogP contribution in [0, 0.1) is 6.92 Å². The number of anilines is 1. The molecule has 0 fully saturated rings. The molecule has 0 unspecified atom stereocenters. The molecule has 6 nitrogen and oxygen atoms in total. The van der Waals surface area contributed by atoms with Crippen molar-refractivity contribution in [2.45, 2.75) is 19.8 Å². The number of hydrogen-bond acceptors (Lipinski definition) is 4. The minimum Gasteiger partial charge on any atom is -0.361 e. The van der Waals surface area contributed by atoms with Crippen LogP contribution in [0.2, 0.25) is 0 Å². The van der Waals surface area contributed by atoms with E-state index in [4.69, 9.17) is 4.52 Å². The second-order valence-electron chi connectivity index (χ2n) is 4.65. The van der Waals surface area contributed by atoms with Crippen molar-refractivity contribution in [3.63, 3.8) is 0 Å². The van der Waals surface area contributed by atoms with Crippen molar-refractivity contribution in [2.75, 3.05) is 12.4 Å². The summed E-state index contributed by atoms with van der Waals surface area (Å²) in [5.41, 5.74) is 1.88. The largest absolute Gasteiger partial charge is 0.361 e. The molecule has 6 heteroatoms. The Kier molecular flexibility index (Phi) is 4.71. The first-order valence-corrected chi connectivity index (χ1v) is 6.62. The Morgan fingerprint density at radius 1 is 1.29 bits per heavy atom. The van der Waals surface area contributed by atoms with Gasteiger partial charge in [0.05, 0.1) is 0 Å². The fraction of sp³-hybridized carbons (Fsp3) is 0.267. The molecule has 110 valence electrons. The van der Waals surface area contributed by atoms with Gasteiger partial charge in [-0.1, -0.05) is 17.3 Å². The van der Waals surface area contributed by atoms with Crippen LogP contribution in [0.4, 0.5) is 5.69 Å². The van der Waals surface area contributed by atoms with Crippen molar-refractivity contribution < 1.29 is 14.1 Å². The molecule has 2 aromatic rings. The highest BCUT2D eigenvalue weighted by Gasteiger charge is 2.11. The first kappa shape index (κ1) is 14.8. The van der Waals surface area contributed by atoms with Crippen molar-refractivity contribution in [2.24, 2.45) is 0 Å². The second kappa shape index (κ2) is 6.69. The van der Waals surface area contributed by atoms with Gasteiger partial charge in [-0.2, -0.15) is 0 Å². The zero-order valence-corrected chi connectivity index (χ0v) is 12.0. The molecule has 0 aliphatic carbocycles. The molecule has 1 heterocycles. The minimum absolute atomic E-state index is 0.0116. The molecule has 0 aliphatic rings. The third kappa shape index (κ3) is 4.17. The van der Waals surface area contributed by atoms with Gasteiger partial charge >= 0.3 is 0 Å². The highest BCUT2D eigenvalue weighted by Crippen LogP contribution is 2.14. The quantitative estimate of drug-likeness (QED) is 0.879. The maximum Gasteiger partial charge on any atom is 0.277 e. The van der Waals surface area contributed by atoms with Crippen LogP contribution < -0.4 is 10.6 Å². The number of aromatic nitrogens is 1. The minimum atomic E-state index is -0.324. The maximum absolute atomic E-state index is 12.0. The topological polar surface area (TPSA) is 84.2 Å². The van der Waals surface area contributed by atoms with Crippen molar-refractivity contribution in [3.8, 4) is 0 Å². The average molecular weight is 287 g/mol. The Morgan fingerprint density at radius 2 is 2.10 bits per heavy atom. The molecule has 0 radical (unpaired) electrons. The summed E-state index contributed by atoms with van der Waals surface area (Å²) < 4.78 is 4.87. The van der Waals surface area contributed by atoms with Gasteiger partial charge < -0.3 is 15.2 Å². The van der Waals surface area contributed by atoms with Gasteiger partial charge in [-0.15, -0.1) is 0 Å². The molecule has 0 aliphatic heterocycles. The van der Waals surface area contributed by atoms with Crippen LogP contribution in [0.5, 0.6) is 0 Å². The van der Waals surface area contributed by atoms with Crippen LogP contribution >= 0.6 is 0 Å². The van der Waals surface area contributed by atoms with Gasteiger partial charge in [0.25, 0.3) is 5.91 Å². The third-order valence-electron chi connectivity index (χ3n) is 2.97. The van der Waals surface area contributed by atoms with Crippen LogP contribution in [0.15, 0.2) is 34.9 Å². The number of aryl methyl sites for hydroxylation is 2. The Labute approximate surface area is 122 Å². The molecule has 0 bridgehead atoms. The average Bonchev–Trinajstić information content (AvgIpc) is 2.92. The summed E-state index contributed by atoms with van der Waals surface area (Å²) in [6.45, 7) is 1.73. The van der Waals surface area contributed by atoms with E-state index >= 15 is 0 Å². The Morgan fingerprint density at radius 3 is 2.76 bits per heavy atom. The van der Waals surface area contributed by atoms with Crippen LogP contribution in [-0.2, 0) is 11.2 Å². The molecule has 0 saturated heterocycles. The molecule has 1 aromatic heterocycles. The van der Waals surface area contributed by atoms with Crippen LogP contribution in [0.3, 0.4) is 0 Å². The van der Waals surface area contributed by atoms with Crippen LogP contribution in [0.25, 0.3) is 0 Å². The first-order chi connectivity index (χ1) is 10.1. The van der Waals surface area contributed by atoms with E-state index in [9.17, 15) is 9.59 Å². The monoisotopic (exact) mass is 287 g/mol. The molecule has 21 heavy (non-hydrogen) atoms. The summed E-state index contributed by atoms with van der Waals surface area (Å²) in [6, 6.07) is 8.95. The Hall–Kier alpha value is -2.63. The third-order valence-corrected chi connectivity index (χ3v) is 2.97. The predicted molar refractivity (Wildman–Crippen MR) is 78.0 cm³/mol. The van der Waals surface area contributed by atoms with E-state index in [1.807, 2.05) is 18.2 Å². The molecule has 1 aromatic carbocycles. The predicted octanol–water partition coefficient (Wildman–Crippen LogP) is 1.91. The van der Waals surface area contributed by atoms with Gasteiger partial charge in [0, 0.05) is 25.2 Å². The lowest BCUT2D eigenvalue weighted by atomic mass is 10.1. The summed E-state index contributed by atoms with van der Waals surface area (Å²) in [4.78, 5) is 23.2. The normalized spacial score (nSPS) is 10.2. The van der Waals surface area contributed by atoms with Crippen LogP contribution in [0.1, 0.15) is 28.2 Å². The summed E-state index contributed by atoms with van der Waals surface area (Å²) in [7, 11) is 1.61. The SMILES string of the molecule is CNC(=O)CCc1cccc(NC(=O)c2cc(C)on2)c1. The highest BCUT2D eigenvalue weighted by atomic mass is 16.5. The van der Waals surface area contributed by atoms with E-state index in [2.05, 4.69) is 15.8 Å². The summed E-state index contributed by atoms with van der Waals surface area (Å²) >= 11 is 0. The number of carbonyl (C=O) groups excluding carboxylic acids is 2. The fourth-order valence-corrected chi connectivity index (χ4v) is 1.86. The fourth-order valence-electron chi connectivity index (χ4n) is 1.86. The molecule has 0 saturated carbocycles. The van der Waals surface area contributed by atoms with Crippen molar-refractivity contribution in [3.05, 3.63) is 47.3 Å². The van der Waals surface area contributed by atoms with Gasteiger partial charge in [-0.3, -0.25) is 9.59 Å². The van der Waals surface area contributed by atoms with Crippen molar-refractivity contribution in [1.82, 2.24) is 10.5 Å². The standard InChI is InChI=1S/C15H17N3O3/c1-10-8-13(18-21-10)15(20)17-12-5-3-4-11(9-12)6-7-14(19)16-2/h3-5,8-9H,6-7H2,1-2H3,(H,16,19)(H,17,20). The molecule has 2 amide bonds. The number of benzene rings is 1. The molecular weight excluding hydrogens is 270 g/mol. The summed E-state index contributed by atoms with van der Waals surface area (Å²) in [5, 5.41) is 9.00. The number of hydrogen-bond donors (Lipinski definition) is 2. The zero-order chi connectivity index (χ0) is 15.2. The van der Waals surface area contributed by atoms with Gasteiger partial charge in [-0.05, 0) is 31.0 Å². The van der Waals surface area contributed by atoms with Crippen molar-refractivity contribution >= 4 is 17.5 Å². The maximum atomic E-state index is 12.0. The number of amides is 2. The van der Waals surface area contributed by atoms with E-state index in [1.165, 1.54) is 0 Å². The van der Waals surface area contributed by atoms with E-state index in [1.54, 1.807) is 26.1 Å². The van der Waals surface area contributed by atoms with E-state index < -0.39 is 0 Å². The second-order valence-corrected chi connectivity index (χ2v) is 4.65. The number of carbonyl (C=O) groups is 2. The summed E-state index contributed by atoms with van der Waals surface area (Å²) in [6.07, 6.45) is 1.03. The van der Waals surface area contributed by atoms with Crippen molar-refractivity contribution in [1.29, 1.82) is 0 Å². The molecule has 0 atom stereocenters. The number of nitrogens with one attached hydrogen (secondary N) is 2. The lowest BCUT2D eigenvalue weighted by molar-refractivity contribution is -0.120. The number of rotatable bonds is 5. The van der Waals surface area contributed by atoms with E-state index in [0.29, 0.717) is 24.3 Å². The molecule has 2 N–H and O–H groups in total. The lowest BCUT2D eigenvalue weighted by Crippen LogP contribution is -2.18. The van der Waals surface area contributed by atoms with E-state index in [-0.39, 0.29) is 17.5 Å². The first-order valence-electron chi connectivity index (χ1n) is 6.62. The molecule has 0 spiro atoms. The van der Waals surface area contributed by atoms with Gasteiger partial charge in [-0.25, -0.2) is 0 Å².